The standard InChI is InChI=1S/C11H16N2O2.C8H13N5O/c1-7(2)10(13)11(14)15-9-6-4-3-5-8(9)12;9-4-3-7(14)12-6-2-1-5(10)8(11)13-6/h3-7,10H,12-13H2,1-2H3;1-2H,3-4,9-10H2,(H3,11,12,13,14). The van der Waals surface area contributed by atoms with Crippen LogP contribution >= 0.6 is 0 Å². The molecule has 1 atom stereocenters. The molecule has 1 unspecified atom stereocenters. The van der Waals surface area contributed by atoms with Crippen LogP contribution in [-0.4, -0.2) is 29.4 Å². The van der Waals surface area contributed by atoms with Crippen molar-refractivity contribution in [2.75, 3.05) is 29.1 Å². The Hall–Kier alpha value is -3.37. The number of ether oxygens (including phenoxy) is 1. The molecule has 0 aliphatic heterocycles. The highest BCUT2D eigenvalue weighted by Crippen LogP contribution is 2.20. The highest BCUT2D eigenvalue weighted by Gasteiger charge is 2.20. The topological polar surface area (TPSA) is 198 Å². The highest BCUT2D eigenvalue weighted by atomic mass is 16.5. The van der Waals surface area contributed by atoms with Gasteiger partial charge in [0.15, 0.2) is 5.75 Å². The van der Waals surface area contributed by atoms with Gasteiger partial charge in [0.2, 0.25) is 5.91 Å². The summed E-state index contributed by atoms with van der Waals surface area (Å²) >= 11 is 0. The number of hydrogen-bond acceptors (Lipinski definition) is 9. The largest absolute Gasteiger partial charge is 0.423 e. The molecule has 0 saturated heterocycles. The Kier molecular flexibility index (Phi) is 9.36. The van der Waals surface area contributed by atoms with E-state index in [1.54, 1.807) is 36.4 Å². The molecule has 2 aromatic rings. The van der Waals surface area contributed by atoms with E-state index in [1.165, 1.54) is 0 Å². The maximum Gasteiger partial charge on any atom is 0.328 e. The molecular formula is C19H29N7O3. The van der Waals surface area contributed by atoms with E-state index in [-0.39, 0.29) is 24.1 Å². The number of para-hydroxylation sites is 2. The molecule has 1 amide bonds. The first-order chi connectivity index (χ1) is 13.6. The fourth-order valence-corrected chi connectivity index (χ4v) is 1.91. The number of esters is 1. The van der Waals surface area contributed by atoms with E-state index >= 15 is 0 Å². The van der Waals surface area contributed by atoms with E-state index in [2.05, 4.69) is 10.3 Å². The van der Waals surface area contributed by atoms with E-state index in [1.807, 2.05) is 13.8 Å². The number of carbonyl (C=O) groups excluding carboxylic acids is 2. The molecule has 0 saturated carbocycles. The zero-order chi connectivity index (χ0) is 22.0. The number of hydrogen-bond donors (Lipinski definition) is 6. The molecule has 1 aromatic carbocycles. The van der Waals surface area contributed by atoms with Gasteiger partial charge in [-0.15, -0.1) is 0 Å². The first-order valence-electron chi connectivity index (χ1n) is 8.99. The zero-order valence-electron chi connectivity index (χ0n) is 16.6. The normalized spacial score (nSPS) is 11.2. The molecule has 2 rings (SSSR count). The molecule has 29 heavy (non-hydrogen) atoms. The Balaban J connectivity index is 0.000000291. The van der Waals surface area contributed by atoms with Gasteiger partial charge in [-0.25, -0.2) is 9.78 Å². The Morgan fingerprint density at radius 2 is 1.72 bits per heavy atom. The van der Waals surface area contributed by atoms with Crippen molar-refractivity contribution in [3.05, 3.63) is 36.4 Å². The summed E-state index contributed by atoms with van der Waals surface area (Å²) in [4.78, 5) is 26.5. The number of benzene rings is 1. The number of pyridine rings is 1. The van der Waals surface area contributed by atoms with Gasteiger partial charge in [0.25, 0.3) is 0 Å². The molecular weight excluding hydrogens is 374 g/mol. The predicted octanol–water partition coefficient (Wildman–Crippen LogP) is 0.691. The van der Waals surface area contributed by atoms with E-state index in [0.29, 0.717) is 29.5 Å². The maximum atomic E-state index is 11.5. The third-order valence-electron chi connectivity index (χ3n) is 3.72. The van der Waals surface area contributed by atoms with Crippen LogP contribution in [-0.2, 0) is 9.59 Å². The minimum absolute atomic E-state index is 0.0439. The van der Waals surface area contributed by atoms with Crippen molar-refractivity contribution in [3.63, 3.8) is 0 Å². The number of nitrogens with zero attached hydrogens (tertiary/aromatic N) is 1. The summed E-state index contributed by atoms with van der Waals surface area (Å²) in [7, 11) is 0. The molecule has 0 bridgehead atoms. The van der Waals surface area contributed by atoms with Gasteiger partial charge < -0.3 is 38.7 Å². The number of carbonyl (C=O) groups is 2. The third kappa shape index (κ3) is 8.03. The van der Waals surface area contributed by atoms with Crippen molar-refractivity contribution in [3.8, 4) is 5.75 Å². The Bertz CT molecular complexity index is 827. The molecule has 0 aliphatic carbocycles. The minimum Gasteiger partial charge on any atom is -0.423 e. The number of amides is 1. The summed E-state index contributed by atoms with van der Waals surface area (Å²) in [6, 6.07) is 9.38. The highest BCUT2D eigenvalue weighted by molar-refractivity contribution is 5.90. The predicted molar refractivity (Wildman–Crippen MR) is 115 cm³/mol. The van der Waals surface area contributed by atoms with Crippen LogP contribution in [0.5, 0.6) is 5.75 Å². The van der Waals surface area contributed by atoms with E-state index in [4.69, 9.17) is 33.4 Å². The minimum atomic E-state index is -0.621. The van der Waals surface area contributed by atoms with Crippen molar-refractivity contribution < 1.29 is 14.3 Å². The number of nitrogen functional groups attached to an aromatic ring is 3. The summed E-state index contributed by atoms with van der Waals surface area (Å²) in [6.07, 6.45) is 0.256. The second-order valence-corrected chi connectivity index (χ2v) is 6.49. The van der Waals surface area contributed by atoms with Gasteiger partial charge in [-0.3, -0.25) is 4.79 Å². The van der Waals surface area contributed by atoms with Crippen LogP contribution in [0.1, 0.15) is 20.3 Å². The second-order valence-electron chi connectivity index (χ2n) is 6.49. The molecule has 158 valence electrons. The zero-order valence-corrected chi connectivity index (χ0v) is 16.6. The van der Waals surface area contributed by atoms with Crippen LogP contribution in [0.3, 0.4) is 0 Å². The lowest BCUT2D eigenvalue weighted by Gasteiger charge is -2.14. The summed E-state index contributed by atoms with van der Waals surface area (Å²) in [6.45, 7) is 4.02. The smallest absolute Gasteiger partial charge is 0.328 e. The van der Waals surface area contributed by atoms with Crippen molar-refractivity contribution >= 4 is 34.9 Å². The number of rotatable bonds is 6. The summed E-state index contributed by atoms with van der Waals surface area (Å²) < 4.78 is 5.08. The van der Waals surface area contributed by atoms with Crippen molar-refractivity contribution in [2.24, 2.45) is 17.4 Å². The Morgan fingerprint density at radius 3 is 2.28 bits per heavy atom. The van der Waals surface area contributed by atoms with Gasteiger partial charge in [0, 0.05) is 13.0 Å². The van der Waals surface area contributed by atoms with Gasteiger partial charge in [0.1, 0.15) is 17.7 Å². The van der Waals surface area contributed by atoms with Gasteiger partial charge in [-0.2, -0.15) is 0 Å². The molecule has 0 radical (unpaired) electrons. The number of aromatic nitrogens is 1. The van der Waals surface area contributed by atoms with Crippen molar-refractivity contribution in [1.29, 1.82) is 0 Å². The van der Waals surface area contributed by atoms with Crippen molar-refractivity contribution in [2.45, 2.75) is 26.3 Å². The maximum absolute atomic E-state index is 11.5. The number of anilines is 4. The average molecular weight is 403 g/mol. The lowest BCUT2D eigenvalue weighted by Crippen LogP contribution is -2.38. The molecule has 0 spiro atoms. The molecule has 10 heteroatoms. The molecule has 0 aliphatic rings. The van der Waals surface area contributed by atoms with Crippen LogP contribution in [0, 0.1) is 5.92 Å². The molecule has 10 nitrogen and oxygen atoms in total. The summed E-state index contributed by atoms with van der Waals surface area (Å²) in [5, 5.41) is 2.55. The SMILES string of the molecule is CC(C)C(N)C(=O)Oc1ccccc1N.NCCC(=O)Nc1ccc(N)c(N)n1. The molecule has 0 fully saturated rings. The van der Waals surface area contributed by atoms with Crippen LogP contribution in [0.25, 0.3) is 0 Å². The van der Waals surface area contributed by atoms with Crippen LogP contribution in [0.4, 0.5) is 23.0 Å². The van der Waals surface area contributed by atoms with E-state index in [0.717, 1.165) is 0 Å². The second kappa shape index (κ2) is 11.5. The number of nitrogens with one attached hydrogen (secondary N) is 1. The fraction of sp³-hybridized carbons (Fsp3) is 0.316. The Labute approximate surface area is 169 Å². The van der Waals surface area contributed by atoms with Gasteiger partial charge >= 0.3 is 5.97 Å². The van der Waals surface area contributed by atoms with Crippen molar-refractivity contribution in [1.82, 2.24) is 4.98 Å². The van der Waals surface area contributed by atoms with Crippen LogP contribution < -0.4 is 38.7 Å². The lowest BCUT2D eigenvalue weighted by atomic mass is 10.1. The van der Waals surface area contributed by atoms with Gasteiger partial charge in [-0.1, -0.05) is 26.0 Å². The average Bonchev–Trinajstić information content (AvgIpc) is 2.66. The lowest BCUT2D eigenvalue weighted by molar-refractivity contribution is -0.136. The monoisotopic (exact) mass is 403 g/mol. The van der Waals surface area contributed by atoms with Crippen LogP contribution in [0.15, 0.2) is 36.4 Å². The Morgan fingerprint density at radius 1 is 1.07 bits per heavy atom. The fourth-order valence-electron chi connectivity index (χ4n) is 1.91. The van der Waals surface area contributed by atoms with Gasteiger partial charge in [-0.05, 0) is 30.2 Å². The summed E-state index contributed by atoms with van der Waals surface area (Å²) in [5.41, 5.74) is 28.2. The first kappa shape index (κ1) is 23.7. The van der Waals surface area contributed by atoms with Gasteiger partial charge in [0.05, 0.1) is 11.4 Å². The van der Waals surface area contributed by atoms with E-state index < -0.39 is 12.0 Å². The molecule has 11 N–H and O–H groups in total. The first-order valence-corrected chi connectivity index (χ1v) is 8.99. The summed E-state index contributed by atoms with van der Waals surface area (Å²) in [5.74, 6) is 0.346. The molecule has 1 heterocycles. The third-order valence-corrected chi connectivity index (χ3v) is 3.72. The quantitative estimate of drug-likeness (QED) is 0.228. The van der Waals surface area contributed by atoms with E-state index in [9.17, 15) is 9.59 Å². The molecule has 1 aromatic heterocycles. The van der Waals surface area contributed by atoms with Crippen LogP contribution in [0.2, 0.25) is 0 Å². The number of nitrogens with two attached hydrogens (primary N) is 5.